The number of hydrogen-bond acceptors (Lipinski definition) is 7. The summed E-state index contributed by atoms with van der Waals surface area (Å²) in [6, 6.07) is 5.51. The lowest BCUT2D eigenvalue weighted by Gasteiger charge is -2.36. The van der Waals surface area contributed by atoms with E-state index in [9.17, 15) is 4.79 Å². The fourth-order valence-corrected chi connectivity index (χ4v) is 2.41. The third-order valence-corrected chi connectivity index (χ3v) is 3.68. The average molecular weight is 311 g/mol. The van der Waals surface area contributed by atoms with Crippen molar-refractivity contribution in [3.05, 3.63) is 42.2 Å². The molecule has 0 bridgehead atoms. The number of pyridine rings is 1. The van der Waals surface area contributed by atoms with E-state index in [0.29, 0.717) is 36.2 Å². The number of likely N-dealkylation sites (tertiary alicyclic amines) is 1. The molecule has 0 N–H and O–H groups in total. The van der Waals surface area contributed by atoms with Crippen LogP contribution >= 0.6 is 0 Å². The number of carbonyl (C=O) groups is 1. The third kappa shape index (κ3) is 2.45. The maximum Gasteiger partial charge on any atom is 0.276 e. The van der Waals surface area contributed by atoms with Gasteiger partial charge in [-0.05, 0) is 12.1 Å². The van der Waals surface area contributed by atoms with Gasteiger partial charge in [0.2, 0.25) is 11.7 Å². The number of nitrogens with zero attached hydrogens (tertiary/aromatic N) is 7. The normalized spacial score (nSPS) is 14.7. The molecule has 0 aromatic carbocycles. The van der Waals surface area contributed by atoms with Gasteiger partial charge < -0.3 is 9.42 Å². The summed E-state index contributed by atoms with van der Waals surface area (Å²) in [5.74, 6) is 0.882. The molecule has 1 aliphatic heterocycles. The zero-order valence-electron chi connectivity index (χ0n) is 12.3. The molecular formula is C14H13N7O2. The Morgan fingerprint density at radius 1 is 1.35 bits per heavy atom. The van der Waals surface area contributed by atoms with Gasteiger partial charge in [0, 0.05) is 26.3 Å². The molecule has 0 radical (unpaired) electrons. The summed E-state index contributed by atoms with van der Waals surface area (Å²) >= 11 is 0. The molecule has 9 nitrogen and oxygen atoms in total. The van der Waals surface area contributed by atoms with Gasteiger partial charge in [-0.2, -0.15) is 4.98 Å². The maximum atomic E-state index is 12.2. The van der Waals surface area contributed by atoms with Crippen LogP contribution in [-0.4, -0.2) is 54.0 Å². The standard InChI is InChI=1S/C14H13N7O2/c1-20-8-11(17-19-20)14(22)21-6-9(7-21)13-16-12(18-23-13)10-4-2-3-5-15-10/h2-5,8-9H,6-7H2,1H3. The number of amides is 1. The minimum absolute atomic E-state index is 0.0422. The SMILES string of the molecule is Cn1cc(C(=O)N2CC(c3nc(-c4ccccn4)no3)C2)nn1. The molecule has 1 aliphatic rings. The second-order valence-corrected chi connectivity index (χ2v) is 5.36. The van der Waals surface area contributed by atoms with Crippen LogP contribution in [0.5, 0.6) is 0 Å². The number of rotatable bonds is 3. The zero-order chi connectivity index (χ0) is 15.8. The van der Waals surface area contributed by atoms with E-state index in [1.165, 1.54) is 4.68 Å². The highest BCUT2D eigenvalue weighted by atomic mass is 16.5. The van der Waals surface area contributed by atoms with Crippen LogP contribution in [0.1, 0.15) is 22.3 Å². The lowest BCUT2D eigenvalue weighted by atomic mass is 10.00. The molecule has 0 unspecified atom stereocenters. The molecule has 0 aliphatic carbocycles. The maximum absolute atomic E-state index is 12.2. The van der Waals surface area contributed by atoms with Gasteiger partial charge in [-0.15, -0.1) is 5.10 Å². The van der Waals surface area contributed by atoms with E-state index in [1.54, 1.807) is 24.3 Å². The van der Waals surface area contributed by atoms with Crippen LogP contribution in [0.3, 0.4) is 0 Å². The summed E-state index contributed by atoms with van der Waals surface area (Å²) in [6.45, 7) is 1.05. The topological polar surface area (TPSA) is 103 Å². The second kappa shape index (κ2) is 5.27. The molecule has 1 saturated heterocycles. The van der Waals surface area contributed by atoms with E-state index in [-0.39, 0.29) is 11.8 Å². The molecule has 1 amide bonds. The summed E-state index contributed by atoms with van der Waals surface area (Å²) in [4.78, 5) is 22.4. The van der Waals surface area contributed by atoms with Gasteiger partial charge in [0.25, 0.3) is 5.91 Å². The second-order valence-electron chi connectivity index (χ2n) is 5.36. The summed E-state index contributed by atoms with van der Waals surface area (Å²) in [5, 5.41) is 11.5. The Labute approximate surface area is 130 Å². The Balaban J connectivity index is 1.42. The molecule has 116 valence electrons. The first-order chi connectivity index (χ1) is 11.2. The zero-order valence-corrected chi connectivity index (χ0v) is 12.3. The molecular weight excluding hydrogens is 298 g/mol. The molecule has 3 aromatic heterocycles. The molecule has 4 heterocycles. The first-order valence-electron chi connectivity index (χ1n) is 7.11. The lowest BCUT2D eigenvalue weighted by Crippen LogP contribution is -2.48. The highest BCUT2D eigenvalue weighted by Crippen LogP contribution is 2.28. The van der Waals surface area contributed by atoms with Gasteiger partial charge >= 0.3 is 0 Å². The molecule has 9 heteroatoms. The fourth-order valence-electron chi connectivity index (χ4n) is 2.41. The Bertz CT molecular complexity index is 836. The lowest BCUT2D eigenvalue weighted by molar-refractivity contribution is 0.0563. The number of hydrogen-bond donors (Lipinski definition) is 0. The summed E-state index contributed by atoms with van der Waals surface area (Å²) in [6.07, 6.45) is 3.28. The monoisotopic (exact) mass is 311 g/mol. The van der Waals surface area contributed by atoms with E-state index in [0.717, 1.165) is 0 Å². The van der Waals surface area contributed by atoms with Crippen molar-refractivity contribution in [3.8, 4) is 11.5 Å². The molecule has 0 saturated carbocycles. The van der Waals surface area contributed by atoms with E-state index >= 15 is 0 Å². The van der Waals surface area contributed by atoms with Crippen LogP contribution in [0, 0.1) is 0 Å². The molecule has 23 heavy (non-hydrogen) atoms. The predicted molar refractivity (Wildman–Crippen MR) is 77.2 cm³/mol. The fraction of sp³-hybridized carbons (Fsp3) is 0.286. The van der Waals surface area contributed by atoms with Crippen molar-refractivity contribution in [2.24, 2.45) is 7.05 Å². The van der Waals surface area contributed by atoms with E-state index < -0.39 is 0 Å². The minimum atomic E-state index is -0.140. The van der Waals surface area contributed by atoms with Crippen molar-refractivity contribution in [2.75, 3.05) is 13.1 Å². The van der Waals surface area contributed by atoms with Crippen LogP contribution < -0.4 is 0 Å². The third-order valence-electron chi connectivity index (χ3n) is 3.68. The van der Waals surface area contributed by atoms with Crippen molar-refractivity contribution < 1.29 is 9.32 Å². The van der Waals surface area contributed by atoms with Gasteiger partial charge in [0.05, 0.1) is 12.1 Å². The Morgan fingerprint density at radius 3 is 2.91 bits per heavy atom. The quantitative estimate of drug-likeness (QED) is 0.693. The average Bonchev–Trinajstić information content (AvgIpc) is 3.16. The van der Waals surface area contributed by atoms with E-state index in [2.05, 4.69) is 25.4 Å². The Morgan fingerprint density at radius 2 is 2.22 bits per heavy atom. The van der Waals surface area contributed by atoms with Crippen LogP contribution in [0.15, 0.2) is 35.1 Å². The Hall–Kier alpha value is -3.10. The first-order valence-corrected chi connectivity index (χ1v) is 7.11. The van der Waals surface area contributed by atoms with E-state index in [4.69, 9.17) is 4.52 Å². The van der Waals surface area contributed by atoms with Crippen LogP contribution in [0.4, 0.5) is 0 Å². The van der Waals surface area contributed by atoms with Crippen molar-refractivity contribution in [1.29, 1.82) is 0 Å². The predicted octanol–water partition coefficient (Wildman–Crippen LogP) is 0.500. The molecule has 3 aromatic rings. The van der Waals surface area contributed by atoms with Crippen LogP contribution in [0.2, 0.25) is 0 Å². The highest BCUT2D eigenvalue weighted by Gasteiger charge is 2.37. The molecule has 0 spiro atoms. The van der Waals surface area contributed by atoms with E-state index in [1.807, 2.05) is 18.2 Å². The van der Waals surface area contributed by atoms with Gasteiger partial charge in [-0.3, -0.25) is 14.5 Å². The summed E-state index contributed by atoms with van der Waals surface area (Å²) in [5.41, 5.74) is 1.000. The van der Waals surface area contributed by atoms with Gasteiger partial charge in [-0.25, -0.2) is 0 Å². The number of carbonyl (C=O) groups excluding carboxylic acids is 1. The number of aromatic nitrogens is 6. The highest BCUT2D eigenvalue weighted by molar-refractivity contribution is 5.92. The molecule has 4 rings (SSSR count). The first kappa shape index (κ1) is 13.6. The smallest absolute Gasteiger partial charge is 0.276 e. The Kier molecular flexibility index (Phi) is 3.11. The molecule has 0 atom stereocenters. The van der Waals surface area contributed by atoms with Crippen molar-refractivity contribution in [2.45, 2.75) is 5.92 Å². The number of aryl methyl sites for hydroxylation is 1. The summed E-state index contributed by atoms with van der Waals surface area (Å²) in [7, 11) is 1.72. The van der Waals surface area contributed by atoms with Crippen LogP contribution in [-0.2, 0) is 7.05 Å². The van der Waals surface area contributed by atoms with Gasteiger partial charge in [0.15, 0.2) is 5.69 Å². The van der Waals surface area contributed by atoms with Crippen molar-refractivity contribution >= 4 is 5.91 Å². The van der Waals surface area contributed by atoms with Crippen molar-refractivity contribution in [3.63, 3.8) is 0 Å². The van der Waals surface area contributed by atoms with Crippen LogP contribution in [0.25, 0.3) is 11.5 Å². The van der Waals surface area contributed by atoms with Gasteiger partial charge in [0.1, 0.15) is 5.69 Å². The van der Waals surface area contributed by atoms with Crippen molar-refractivity contribution in [1.82, 2.24) is 35.0 Å². The van der Waals surface area contributed by atoms with Gasteiger partial charge in [-0.1, -0.05) is 16.4 Å². The molecule has 1 fully saturated rings. The largest absolute Gasteiger partial charge is 0.338 e. The summed E-state index contributed by atoms with van der Waals surface area (Å²) < 4.78 is 6.79. The minimum Gasteiger partial charge on any atom is -0.338 e.